The summed E-state index contributed by atoms with van der Waals surface area (Å²) in [7, 11) is 3.25. The van der Waals surface area contributed by atoms with Crippen LogP contribution in [0.15, 0.2) is 24.3 Å². The van der Waals surface area contributed by atoms with E-state index < -0.39 is 6.10 Å². The van der Waals surface area contributed by atoms with Crippen molar-refractivity contribution in [3.05, 3.63) is 29.8 Å². The molecule has 1 aromatic rings. The first-order valence-corrected chi connectivity index (χ1v) is 6.74. The average molecular weight is 284 g/mol. The summed E-state index contributed by atoms with van der Waals surface area (Å²) >= 11 is 0. The third-order valence-corrected chi connectivity index (χ3v) is 2.76. The van der Waals surface area contributed by atoms with Gasteiger partial charge in [0.2, 0.25) is 0 Å². The lowest BCUT2D eigenvalue weighted by Crippen LogP contribution is -2.10. The van der Waals surface area contributed by atoms with Crippen molar-refractivity contribution in [1.82, 2.24) is 0 Å². The monoisotopic (exact) mass is 284 g/mol. The van der Waals surface area contributed by atoms with Gasteiger partial charge in [0, 0.05) is 20.3 Å². The Morgan fingerprint density at radius 3 is 2.60 bits per heavy atom. The molecule has 0 saturated carbocycles. The summed E-state index contributed by atoms with van der Waals surface area (Å²) in [5.74, 6) is 0.730. The molecule has 0 aliphatic heterocycles. The maximum Gasteiger partial charge on any atom is 0.119 e. The molecule has 1 rings (SSSR count). The van der Waals surface area contributed by atoms with Crippen molar-refractivity contribution in [2.75, 3.05) is 47.3 Å². The van der Waals surface area contributed by atoms with Gasteiger partial charge in [-0.2, -0.15) is 0 Å². The highest BCUT2D eigenvalue weighted by molar-refractivity contribution is 5.29. The predicted molar refractivity (Wildman–Crippen MR) is 76.1 cm³/mol. The normalized spacial score (nSPS) is 12.3. The van der Waals surface area contributed by atoms with Crippen LogP contribution in [-0.4, -0.2) is 52.4 Å². The van der Waals surface area contributed by atoms with Gasteiger partial charge in [0.1, 0.15) is 11.9 Å². The maximum atomic E-state index is 9.98. The molecule has 1 N–H and O–H groups in total. The molecule has 1 unspecified atom stereocenters. The lowest BCUT2D eigenvalue weighted by Gasteiger charge is -2.12. The summed E-state index contributed by atoms with van der Waals surface area (Å²) in [5, 5.41) is 9.98. The van der Waals surface area contributed by atoms with Crippen molar-refractivity contribution in [3.8, 4) is 5.75 Å². The van der Waals surface area contributed by atoms with E-state index >= 15 is 0 Å². The predicted octanol–water partition coefficient (Wildman–Crippen LogP) is 1.80. The molecular weight excluding hydrogens is 260 g/mol. The minimum absolute atomic E-state index is 0.269. The number of aliphatic hydroxyl groups excluding tert-OH is 1. The Morgan fingerprint density at radius 1 is 1.05 bits per heavy atom. The Morgan fingerprint density at radius 2 is 1.85 bits per heavy atom. The Hall–Kier alpha value is -1.14. The number of aliphatic hydroxyl groups is 1. The van der Waals surface area contributed by atoms with E-state index in [4.69, 9.17) is 18.9 Å². The molecule has 5 nitrogen and oxygen atoms in total. The Balaban J connectivity index is 2.12. The fraction of sp³-hybridized carbons (Fsp3) is 0.600. The SMILES string of the molecule is COCCOCCCOCC(O)c1cccc(OC)c1. The molecule has 1 aromatic carbocycles. The molecule has 0 aromatic heterocycles. The summed E-state index contributed by atoms with van der Waals surface area (Å²) in [4.78, 5) is 0. The number of hydrogen-bond donors (Lipinski definition) is 1. The lowest BCUT2D eigenvalue weighted by molar-refractivity contribution is 0.0181. The molecule has 0 heterocycles. The van der Waals surface area contributed by atoms with Gasteiger partial charge in [-0.3, -0.25) is 0 Å². The molecule has 5 heteroatoms. The number of hydrogen-bond acceptors (Lipinski definition) is 5. The first kappa shape index (κ1) is 16.9. The van der Waals surface area contributed by atoms with Crippen molar-refractivity contribution >= 4 is 0 Å². The molecule has 0 radical (unpaired) electrons. The van der Waals surface area contributed by atoms with Gasteiger partial charge in [0.25, 0.3) is 0 Å². The highest BCUT2D eigenvalue weighted by atomic mass is 16.5. The molecule has 0 fully saturated rings. The number of rotatable bonds is 11. The second kappa shape index (κ2) is 10.6. The van der Waals surface area contributed by atoms with Crippen molar-refractivity contribution in [2.45, 2.75) is 12.5 Å². The topological polar surface area (TPSA) is 57.2 Å². The van der Waals surface area contributed by atoms with Crippen LogP contribution in [0.2, 0.25) is 0 Å². The quantitative estimate of drug-likeness (QED) is 0.628. The largest absolute Gasteiger partial charge is 0.497 e. The molecular formula is C15H24O5. The van der Waals surface area contributed by atoms with Gasteiger partial charge in [-0.25, -0.2) is 0 Å². The van der Waals surface area contributed by atoms with Crippen LogP contribution >= 0.6 is 0 Å². The first-order chi connectivity index (χ1) is 9.77. The Bertz CT molecular complexity index is 356. The third-order valence-electron chi connectivity index (χ3n) is 2.76. The smallest absolute Gasteiger partial charge is 0.119 e. The van der Waals surface area contributed by atoms with Gasteiger partial charge < -0.3 is 24.1 Å². The van der Waals surface area contributed by atoms with Crippen LogP contribution in [0, 0.1) is 0 Å². The maximum absolute atomic E-state index is 9.98. The number of methoxy groups -OCH3 is 2. The van der Waals surface area contributed by atoms with Gasteiger partial charge in [-0.05, 0) is 24.1 Å². The fourth-order valence-electron chi connectivity index (χ4n) is 1.65. The zero-order valence-electron chi connectivity index (χ0n) is 12.2. The van der Waals surface area contributed by atoms with Crippen LogP contribution in [0.25, 0.3) is 0 Å². The zero-order valence-corrected chi connectivity index (χ0v) is 12.2. The third kappa shape index (κ3) is 6.86. The molecule has 0 aliphatic carbocycles. The minimum atomic E-state index is -0.639. The van der Waals surface area contributed by atoms with E-state index in [2.05, 4.69) is 0 Å². The van der Waals surface area contributed by atoms with E-state index in [0.717, 1.165) is 17.7 Å². The van der Waals surface area contributed by atoms with Crippen LogP contribution in [0.4, 0.5) is 0 Å². The Labute approximate surface area is 120 Å². The fourth-order valence-corrected chi connectivity index (χ4v) is 1.65. The van der Waals surface area contributed by atoms with Crippen LogP contribution in [0.3, 0.4) is 0 Å². The van der Waals surface area contributed by atoms with E-state index in [1.165, 1.54) is 0 Å². The summed E-state index contributed by atoms with van der Waals surface area (Å²) in [5.41, 5.74) is 0.792. The zero-order chi connectivity index (χ0) is 14.6. The Kier molecular flexibility index (Phi) is 8.98. The van der Waals surface area contributed by atoms with Crippen molar-refractivity contribution in [3.63, 3.8) is 0 Å². The molecule has 0 aliphatic rings. The first-order valence-electron chi connectivity index (χ1n) is 6.74. The molecule has 0 spiro atoms. The molecule has 114 valence electrons. The van der Waals surface area contributed by atoms with Crippen LogP contribution in [-0.2, 0) is 14.2 Å². The summed E-state index contributed by atoms with van der Waals surface area (Å²) < 4.78 is 20.7. The van der Waals surface area contributed by atoms with E-state index in [1.807, 2.05) is 24.3 Å². The minimum Gasteiger partial charge on any atom is -0.497 e. The van der Waals surface area contributed by atoms with Crippen molar-refractivity contribution in [2.24, 2.45) is 0 Å². The molecule has 0 amide bonds. The van der Waals surface area contributed by atoms with Crippen molar-refractivity contribution < 1.29 is 24.1 Å². The van der Waals surface area contributed by atoms with Gasteiger partial charge in [0.15, 0.2) is 0 Å². The van der Waals surface area contributed by atoms with Crippen LogP contribution in [0.1, 0.15) is 18.1 Å². The molecule has 20 heavy (non-hydrogen) atoms. The summed E-state index contributed by atoms with van der Waals surface area (Å²) in [6, 6.07) is 7.35. The highest BCUT2D eigenvalue weighted by Gasteiger charge is 2.08. The lowest BCUT2D eigenvalue weighted by atomic mass is 10.1. The van der Waals surface area contributed by atoms with Crippen LogP contribution < -0.4 is 4.74 Å². The van der Waals surface area contributed by atoms with Gasteiger partial charge >= 0.3 is 0 Å². The summed E-state index contributed by atoms with van der Waals surface area (Å²) in [6.45, 7) is 2.68. The second-order valence-electron chi connectivity index (χ2n) is 4.33. The van der Waals surface area contributed by atoms with Gasteiger partial charge in [-0.15, -0.1) is 0 Å². The van der Waals surface area contributed by atoms with Crippen molar-refractivity contribution in [1.29, 1.82) is 0 Å². The standard InChI is InChI=1S/C15H24O5/c1-17-9-10-19-7-4-8-20-12-15(16)13-5-3-6-14(11-13)18-2/h3,5-6,11,15-16H,4,7-10,12H2,1-2H3. The molecule has 1 atom stereocenters. The van der Waals surface area contributed by atoms with E-state index in [-0.39, 0.29) is 6.61 Å². The second-order valence-corrected chi connectivity index (χ2v) is 4.33. The van der Waals surface area contributed by atoms with Gasteiger partial charge in [0.05, 0.1) is 26.9 Å². The van der Waals surface area contributed by atoms with E-state index in [0.29, 0.717) is 26.4 Å². The van der Waals surface area contributed by atoms with E-state index in [9.17, 15) is 5.11 Å². The van der Waals surface area contributed by atoms with E-state index in [1.54, 1.807) is 14.2 Å². The van der Waals surface area contributed by atoms with Gasteiger partial charge in [-0.1, -0.05) is 12.1 Å². The average Bonchev–Trinajstić information content (AvgIpc) is 2.49. The number of ether oxygens (including phenoxy) is 4. The molecule has 0 saturated heterocycles. The number of benzene rings is 1. The summed E-state index contributed by atoms with van der Waals surface area (Å²) in [6.07, 6.45) is 0.161. The highest BCUT2D eigenvalue weighted by Crippen LogP contribution is 2.19. The molecule has 0 bridgehead atoms. The van der Waals surface area contributed by atoms with Crippen LogP contribution in [0.5, 0.6) is 5.75 Å².